The highest BCUT2D eigenvalue weighted by Crippen LogP contribution is 2.27. The van der Waals surface area contributed by atoms with Crippen LogP contribution in [0.3, 0.4) is 0 Å². The van der Waals surface area contributed by atoms with E-state index in [1.165, 1.54) is 0 Å². The molecule has 0 unspecified atom stereocenters. The van der Waals surface area contributed by atoms with E-state index < -0.39 is 0 Å². The zero-order valence-electron chi connectivity index (χ0n) is 11.6. The van der Waals surface area contributed by atoms with Gasteiger partial charge in [0.05, 0.1) is 5.69 Å². The van der Waals surface area contributed by atoms with Crippen LogP contribution in [0.25, 0.3) is 0 Å². The van der Waals surface area contributed by atoms with Gasteiger partial charge in [0.25, 0.3) is 0 Å². The molecule has 0 fully saturated rings. The van der Waals surface area contributed by atoms with Crippen LogP contribution in [0.5, 0.6) is 0 Å². The first kappa shape index (κ1) is 13.3. The van der Waals surface area contributed by atoms with E-state index in [0.717, 1.165) is 16.8 Å². The fraction of sp³-hybridized carbons (Fsp3) is 0.0526. The minimum Gasteiger partial charge on any atom is -0.176 e. The summed E-state index contributed by atoms with van der Waals surface area (Å²) in [6, 6.07) is 30.2. The van der Waals surface area contributed by atoms with Crippen molar-refractivity contribution < 1.29 is 0 Å². The summed E-state index contributed by atoms with van der Waals surface area (Å²) in [6.07, 6.45) is 0. The Kier molecular flexibility index (Phi) is 4.18. The second kappa shape index (κ2) is 6.62. The van der Waals surface area contributed by atoms with E-state index in [2.05, 4.69) is 34.5 Å². The molecule has 2 nitrogen and oxygen atoms in total. The number of rotatable bonds is 4. The molecule has 102 valence electrons. The largest absolute Gasteiger partial charge is 0.176 e. The predicted molar refractivity (Wildman–Crippen MR) is 85.7 cm³/mol. The van der Waals surface area contributed by atoms with Crippen molar-refractivity contribution in [2.75, 3.05) is 0 Å². The van der Waals surface area contributed by atoms with E-state index in [1.54, 1.807) is 0 Å². The Morgan fingerprint density at radius 3 is 1.43 bits per heavy atom. The molecule has 0 radical (unpaired) electrons. The lowest BCUT2D eigenvalue weighted by Crippen LogP contribution is -1.96. The van der Waals surface area contributed by atoms with Crippen molar-refractivity contribution in [2.45, 2.75) is 6.04 Å². The molecule has 21 heavy (non-hydrogen) atoms. The van der Waals surface area contributed by atoms with E-state index >= 15 is 0 Å². The second-order valence-electron chi connectivity index (χ2n) is 4.77. The summed E-state index contributed by atoms with van der Waals surface area (Å²) in [4.78, 5) is 0. The molecule has 0 aliphatic carbocycles. The van der Waals surface area contributed by atoms with Gasteiger partial charge in [0.15, 0.2) is 0 Å². The minimum atomic E-state index is -0.0763. The third-order valence-corrected chi connectivity index (χ3v) is 3.28. The topological polar surface area (TPSA) is 24.7 Å². The van der Waals surface area contributed by atoms with E-state index in [1.807, 2.05) is 66.7 Å². The molecule has 3 aromatic carbocycles. The maximum absolute atomic E-state index is 4.56. The van der Waals surface area contributed by atoms with Crippen molar-refractivity contribution >= 4 is 5.69 Å². The Morgan fingerprint density at radius 1 is 0.524 bits per heavy atom. The van der Waals surface area contributed by atoms with Crippen LogP contribution in [0.2, 0.25) is 0 Å². The standard InChI is InChI=1S/C19H16N2/c1-4-10-16(11-5-1)19(17-12-6-2-7-13-17)21-20-18-14-8-3-9-15-18/h1-15,19H. The lowest BCUT2D eigenvalue weighted by Gasteiger charge is -2.12. The summed E-state index contributed by atoms with van der Waals surface area (Å²) < 4.78 is 0. The minimum absolute atomic E-state index is 0.0763. The molecule has 0 amide bonds. The van der Waals surface area contributed by atoms with Gasteiger partial charge in [0.2, 0.25) is 0 Å². The Balaban J connectivity index is 1.96. The molecule has 3 rings (SSSR count). The monoisotopic (exact) mass is 272 g/mol. The molecule has 0 heterocycles. The van der Waals surface area contributed by atoms with Crippen LogP contribution in [0, 0.1) is 0 Å². The normalized spacial score (nSPS) is 11.1. The summed E-state index contributed by atoms with van der Waals surface area (Å²) in [6.45, 7) is 0. The smallest absolute Gasteiger partial charge is 0.121 e. The maximum atomic E-state index is 4.56. The fourth-order valence-corrected chi connectivity index (χ4v) is 2.22. The van der Waals surface area contributed by atoms with Gasteiger partial charge < -0.3 is 0 Å². The molecule has 0 saturated carbocycles. The van der Waals surface area contributed by atoms with E-state index in [9.17, 15) is 0 Å². The molecule has 3 aromatic rings. The second-order valence-corrected chi connectivity index (χ2v) is 4.77. The summed E-state index contributed by atoms with van der Waals surface area (Å²) >= 11 is 0. The van der Waals surface area contributed by atoms with Gasteiger partial charge >= 0.3 is 0 Å². The SMILES string of the molecule is c1ccc(N=NC(c2ccccc2)c2ccccc2)cc1. The quantitative estimate of drug-likeness (QED) is 0.555. The van der Waals surface area contributed by atoms with Gasteiger partial charge in [0.1, 0.15) is 6.04 Å². The lowest BCUT2D eigenvalue weighted by molar-refractivity contribution is 0.809. The first-order valence-corrected chi connectivity index (χ1v) is 6.99. The number of hydrogen-bond donors (Lipinski definition) is 0. The molecular formula is C19H16N2. The molecule has 0 aliphatic rings. The van der Waals surface area contributed by atoms with Crippen LogP contribution in [0.4, 0.5) is 5.69 Å². The maximum Gasteiger partial charge on any atom is 0.121 e. The van der Waals surface area contributed by atoms with Gasteiger partial charge in [0, 0.05) is 0 Å². The molecule has 2 heteroatoms. The highest BCUT2D eigenvalue weighted by atomic mass is 15.1. The van der Waals surface area contributed by atoms with Crippen LogP contribution in [-0.4, -0.2) is 0 Å². The van der Waals surface area contributed by atoms with Crippen LogP contribution < -0.4 is 0 Å². The van der Waals surface area contributed by atoms with Crippen molar-refractivity contribution in [3.63, 3.8) is 0 Å². The Labute approximate surface area is 124 Å². The fourth-order valence-electron chi connectivity index (χ4n) is 2.22. The first-order chi connectivity index (χ1) is 10.4. The molecule has 0 bridgehead atoms. The van der Waals surface area contributed by atoms with Crippen LogP contribution in [-0.2, 0) is 0 Å². The van der Waals surface area contributed by atoms with Crippen molar-refractivity contribution in [2.24, 2.45) is 10.2 Å². The van der Waals surface area contributed by atoms with Gasteiger partial charge in [-0.25, -0.2) is 0 Å². The highest BCUT2D eigenvalue weighted by Gasteiger charge is 2.12. The summed E-state index contributed by atoms with van der Waals surface area (Å²) in [5, 5.41) is 8.94. The van der Waals surface area contributed by atoms with Crippen LogP contribution >= 0.6 is 0 Å². The van der Waals surface area contributed by atoms with Crippen LogP contribution in [0.1, 0.15) is 17.2 Å². The van der Waals surface area contributed by atoms with E-state index in [-0.39, 0.29) is 6.04 Å². The number of hydrogen-bond acceptors (Lipinski definition) is 2. The first-order valence-electron chi connectivity index (χ1n) is 6.99. The third kappa shape index (κ3) is 3.42. The van der Waals surface area contributed by atoms with Gasteiger partial charge in [-0.3, -0.25) is 0 Å². The van der Waals surface area contributed by atoms with Gasteiger partial charge in [-0.15, -0.1) is 0 Å². The Hall–Kier alpha value is -2.74. The molecule has 0 atom stereocenters. The van der Waals surface area contributed by atoms with Crippen molar-refractivity contribution in [1.29, 1.82) is 0 Å². The molecule has 0 saturated heterocycles. The van der Waals surface area contributed by atoms with Crippen LogP contribution in [0.15, 0.2) is 101 Å². The average Bonchev–Trinajstić information content (AvgIpc) is 2.58. The molecule has 0 N–H and O–H groups in total. The van der Waals surface area contributed by atoms with Gasteiger partial charge in [-0.2, -0.15) is 10.2 Å². The molecule has 0 aliphatic heterocycles. The van der Waals surface area contributed by atoms with E-state index in [0.29, 0.717) is 0 Å². The predicted octanol–water partition coefficient (Wildman–Crippen LogP) is 5.56. The van der Waals surface area contributed by atoms with Gasteiger partial charge in [-0.05, 0) is 23.3 Å². The highest BCUT2D eigenvalue weighted by molar-refractivity contribution is 5.36. The molecule has 0 aromatic heterocycles. The summed E-state index contributed by atoms with van der Waals surface area (Å²) in [7, 11) is 0. The number of nitrogens with zero attached hydrogens (tertiary/aromatic N) is 2. The van der Waals surface area contributed by atoms with E-state index in [4.69, 9.17) is 0 Å². The average molecular weight is 272 g/mol. The van der Waals surface area contributed by atoms with Gasteiger partial charge in [-0.1, -0.05) is 78.9 Å². The van der Waals surface area contributed by atoms with Crippen molar-refractivity contribution in [3.8, 4) is 0 Å². The lowest BCUT2D eigenvalue weighted by atomic mass is 10.00. The third-order valence-electron chi connectivity index (χ3n) is 3.28. The number of benzene rings is 3. The van der Waals surface area contributed by atoms with Crippen molar-refractivity contribution in [3.05, 3.63) is 102 Å². The Bertz CT molecular complexity index is 652. The molecular weight excluding hydrogens is 256 g/mol. The summed E-state index contributed by atoms with van der Waals surface area (Å²) in [5.74, 6) is 0. The zero-order chi connectivity index (χ0) is 14.3. The zero-order valence-corrected chi connectivity index (χ0v) is 11.6. The number of azo groups is 1. The summed E-state index contributed by atoms with van der Waals surface area (Å²) in [5.41, 5.74) is 3.15. The Morgan fingerprint density at radius 2 is 0.952 bits per heavy atom. The molecule has 0 spiro atoms. The van der Waals surface area contributed by atoms with Crippen molar-refractivity contribution in [1.82, 2.24) is 0 Å².